The van der Waals surface area contributed by atoms with Crippen LogP contribution in [-0.2, 0) is 9.47 Å². The minimum atomic E-state index is -0.531. The Bertz CT molecular complexity index is 972. The number of pyridine rings is 1. The molecule has 1 N–H and O–H groups in total. The Hall–Kier alpha value is -2.04. The van der Waals surface area contributed by atoms with E-state index in [0.29, 0.717) is 53.8 Å². The number of likely N-dealkylation sites (tertiary alicyclic amines) is 1. The zero-order valence-corrected chi connectivity index (χ0v) is 18.4. The Balaban J connectivity index is 1.39. The molecule has 3 saturated heterocycles. The van der Waals surface area contributed by atoms with Gasteiger partial charge in [-0.25, -0.2) is 9.78 Å². The molecule has 5 heterocycles. The van der Waals surface area contributed by atoms with Crippen molar-refractivity contribution in [2.45, 2.75) is 38.0 Å². The molecule has 0 unspecified atom stereocenters. The van der Waals surface area contributed by atoms with Gasteiger partial charge in [0.15, 0.2) is 5.13 Å². The predicted octanol–water partition coefficient (Wildman–Crippen LogP) is 3.77. The number of carbonyl (C=O) groups is 1. The molecule has 0 bridgehead atoms. The van der Waals surface area contributed by atoms with Gasteiger partial charge in [0, 0.05) is 43.9 Å². The molecule has 1 spiro atoms. The van der Waals surface area contributed by atoms with Crippen LogP contribution in [0.25, 0.3) is 10.2 Å². The smallest absolute Gasteiger partial charge is 0.323 e. The number of nitrogens with one attached hydrogen (secondary N) is 1. The summed E-state index contributed by atoms with van der Waals surface area (Å²) in [5, 5.41) is 3.35. The highest BCUT2D eigenvalue weighted by molar-refractivity contribution is 7.22. The summed E-state index contributed by atoms with van der Waals surface area (Å²) in [6.07, 6.45) is 4.56. The Kier molecular flexibility index (Phi) is 5.70. The number of anilines is 1. The number of carbonyl (C=O) groups excluding carboxylic acids is 1. The topological polar surface area (TPSA) is 85.8 Å². The van der Waals surface area contributed by atoms with E-state index in [2.05, 4.69) is 15.3 Å². The highest BCUT2D eigenvalue weighted by Crippen LogP contribution is 2.42. The van der Waals surface area contributed by atoms with E-state index in [1.807, 2.05) is 4.90 Å². The van der Waals surface area contributed by atoms with Gasteiger partial charge in [0.2, 0.25) is 11.8 Å². The third-order valence-electron chi connectivity index (χ3n) is 6.66. The molecule has 168 valence electrons. The summed E-state index contributed by atoms with van der Waals surface area (Å²) in [5.41, 5.74) is 1.12. The number of hydrogen-bond acceptors (Lipinski definition) is 7. The number of fused-ring (bicyclic) bond motifs is 1. The molecule has 2 aromatic rings. The molecule has 3 fully saturated rings. The van der Waals surface area contributed by atoms with Crippen LogP contribution in [0, 0.1) is 11.4 Å². The van der Waals surface area contributed by atoms with Gasteiger partial charge in [-0.2, -0.15) is 9.37 Å². The predicted molar refractivity (Wildman–Crippen MR) is 114 cm³/mol. The quantitative estimate of drug-likeness (QED) is 0.717. The first-order chi connectivity index (χ1) is 15.1. The third-order valence-corrected chi connectivity index (χ3v) is 7.67. The maximum absolute atomic E-state index is 14.9. The second kappa shape index (κ2) is 8.48. The number of urea groups is 1. The maximum Gasteiger partial charge on any atom is 0.323 e. The Morgan fingerprint density at radius 3 is 2.84 bits per heavy atom. The van der Waals surface area contributed by atoms with Crippen molar-refractivity contribution < 1.29 is 23.4 Å². The van der Waals surface area contributed by atoms with Crippen LogP contribution >= 0.6 is 11.3 Å². The molecule has 0 aliphatic carbocycles. The highest BCUT2D eigenvalue weighted by atomic mass is 32.1. The lowest BCUT2D eigenvalue weighted by atomic mass is 9.82. The second-order valence-electron chi connectivity index (χ2n) is 8.67. The number of aromatic nitrogens is 2. The number of hydrogen-bond donors (Lipinski definition) is 1. The van der Waals surface area contributed by atoms with Crippen LogP contribution in [0.3, 0.4) is 0 Å². The maximum atomic E-state index is 14.9. The number of amides is 2. The highest BCUT2D eigenvalue weighted by Gasteiger charge is 2.41. The first-order valence-corrected chi connectivity index (χ1v) is 11.7. The van der Waals surface area contributed by atoms with E-state index in [1.165, 1.54) is 18.4 Å². The van der Waals surface area contributed by atoms with Crippen molar-refractivity contribution in [2.75, 3.05) is 51.9 Å². The lowest BCUT2D eigenvalue weighted by Crippen LogP contribution is -2.38. The summed E-state index contributed by atoms with van der Waals surface area (Å²) < 4.78 is 32.0. The van der Waals surface area contributed by atoms with Gasteiger partial charge < -0.3 is 19.1 Å². The molecule has 0 radical (unpaired) electrons. The molecule has 5 rings (SSSR count). The summed E-state index contributed by atoms with van der Waals surface area (Å²) in [6.45, 7) is 4.11. The van der Waals surface area contributed by atoms with Crippen molar-refractivity contribution in [3.8, 4) is 5.88 Å². The molecule has 3 aliphatic rings. The first-order valence-electron chi connectivity index (χ1n) is 10.8. The molecule has 0 saturated carbocycles. The van der Waals surface area contributed by atoms with Gasteiger partial charge in [-0.15, -0.1) is 0 Å². The molecule has 3 aliphatic heterocycles. The van der Waals surface area contributed by atoms with E-state index < -0.39 is 5.95 Å². The van der Waals surface area contributed by atoms with E-state index in [0.717, 1.165) is 38.7 Å². The van der Waals surface area contributed by atoms with Crippen molar-refractivity contribution in [3.05, 3.63) is 11.5 Å². The standard InChI is InChI=1S/C21H27FN4O4S/c1-28-18-15-16(14(17(22)24-18)13-3-9-29-10-4-13)31-19(23-15)25-20(27)26-7-6-21(11-26)5-2-8-30-12-21/h13H,2-12H2,1H3,(H,23,25,27)/t21-/m1/s1. The van der Waals surface area contributed by atoms with Crippen LogP contribution < -0.4 is 10.1 Å². The molecule has 31 heavy (non-hydrogen) atoms. The van der Waals surface area contributed by atoms with E-state index in [1.54, 1.807) is 0 Å². The fraction of sp³-hybridized carbons (Fsp3) is 0.667. The summed E-state index contributed by atoms with van der Waals surface area (Å²) >= 11 is 1.28. The van der Waals surface area contributed by atoms with Crippen LogP contribution in [0.15, 0.2) is 0 Å². The van der Waals surface area contributed by atoms with Crippen LogP contribution in [0.2, 0.25) is 0 Å². The van der Waals surface area contributed by atoms with Gasteiger partial charge in [-0.1, -0.05) is 11.3 Å². The van der Waals surface area contributed by atoms with Crippen molar-refractivity contribution in [1.29, 1.82) is 0 Å². The monoisotopic (exact) mass is 450 g/mol. The number of thiazole rings is 1. The number of ether oxygens (including phenoxy) is 3. The van der Waals surface area contributed by atoms with Gasteiger partial charge in [0.05, 0.1) is 18.4 Å². The second-order valence-corrected chi connectivity index (χ2v) is 9.67. The molecule has 1 atom stereocenters. The molecule has 10 heteroatoms. The number of nitrogens with zero attached hydrogens (tertiary/aromatic N) is 3. The first kappa shape index (κ1) is 20.8. The van der Waals surface area contributed by atoms with Gasteiger partial charge in [-0.05, 0) is 38.0 Å². The van der Waals surface area contributed by atoms with Crippen molar-refractivity contribution in [2.24, 2.45) is 5.41 Å². The van der Waals surface area contributed by atoms with E-state index in [4.69, 9.17) is 14.2 Å². The zero-order chi connectivity index (χ0) is 21.4. The number of methoxy groups -OCH3 is 1. The fourth-order valence-corrected chi connectivity index (χ4v) is 6.05. The summed E-state index contributed by atoms with van der Waals surface area (Å²) in [6, 6.07) is -0.179. The van der Waals surface area contributed by atoms with Gasteiger partial charge >= 0.3 is 6.03 Å². The van der Waals surface area contributed by atoms with Crippen molar-refractivity contribution >= 4 is 32.7 Å². The molecule has 8 nitrogen and oxygen atoms in total. The minimum absolute atomic E-state index is 0.0170. The third kappa shape index (κ3) is 3.96. The van der Waals surface area contributed by atoms with E-state index in [-0.39, 0.29) is 23.2 Å². The largest absolute Gasteiger partial charge is 0.479 e. The Morgan fingerprint density at radius 2 is 2.10 bits per heavy atom. The summed E-state index contributed by atoms with van der Waals surface area (Å²) in [7, 11) is 1.45. The number of rotatable bonds is 3. The van der Waals surface area contributed by atoms with E-state index >= 15 is 0 Å². The summed E-state index contributed by atoms with van der Waals surface area (Å²) in [5.74, 6) is -0.375. The minimum Gasteiger partial charge on any atom is -0.479 e. The lowest BCUT2D eigenvalue weighted by molar-refractivity contribution is -0.000213. The average molecular weight is 451 g/mol. The molecular formula is C21H27FN4O4S. The van der Waals surface area contributed by atoms with Crippen LogP contribution in [0.4, 0.5) is 14.3 Å². The van der Waals surface area contributed by atoms with Crippen LogP contribution in [0.1, 0.15) is 43.6 Å². The molecule has 2 amide bonds. The molecule has 0 aromatic carbocycles. The van der Waals surface area contributed by atoms with Gasteiger partial charge in [-0.3, -0.25) is 5.32 Å². The van der Waals surface area contributed by atoms with Gasteiger partial charge in [0.1, 0.15) is 5.52 Å². The number of halogens is 1. The Labute approximate surface area is 184 Å². The summed E-state index contributed by atoms with van der Waals surface area (Å²) in [4.78, 5) is 23.3. The fourth-order valence-electron chi connectivity index (χ4n) is 4.99. The molecular weight excluding hydrogens is 423 g/mol. The van der Waals surface area contributed by atoms with Gasteiger partial charge in [0.25, 0.3) is 0 Å². The SMILES string of the molecule is COc1nc(F)c(C2CCOCC2)c2sc(NC(=O)N3CC[C@]4(CCCOC4)C3)nc12. The van der Waals surface area contributed by atoms with Crippen molar-refractivity contribution in [3.63, 3.8) is 0 Å². The normalized spacial score (nSPS) is 24.8. The Morgan fingerprint density at radius 1 is 1.26 bits per heavy atom. The lowest BCUT2D eigenvalue weighted by Gasteiger charge is -2.32. The van der Waals surface area contributed by atoms with Crippen molar-refractivity contribution in [1.82, 2.24) is 14.9 Å². The van der Waals surface area contributed by atoms with Crippen LogP contribution in [0.5, 0.6) is 5.88 Å². The van der Waals surface area contributed by atoms with Crippen LogP contribution in [-0.4, -0.2) is 67.5 Å². The molecule has 2 aromatic heterocycles. The van der Waals surface area contributed by atoms with E-state index in [9.17, 15) is 9.18 Å². The average Bonchev–Trinajstić information content (AvgIpc) is 3.39. The zero-order valence-electron chi connectivity index (χ0n) is 17.6.